The molecule has 2 saturated carbocycles. The largest absolute Gasteiger partial charge is 0.456 e. The third-order valence-corrected chi connectivity index (χ3v) is 20.1. The summed E-state index contributed by atoms with van der Waals surface area (Å²) in [5.74, 6) is -6.32. The van der Waals surface area contributed by atoms with Crippen LogP contribution in [0.4, 0.5) is 0 Å². The standard InChI is InChI=1S/C53H65NO14Si/c1-30-36(65-48(61)42(68-69(10,11)49(4,5)6)40(33-21-15-12-16-22-33)54-46(59)34-23-17-13-18-24-34)28-53(62)45(66-47(60)35-25-19-14-20-26-35)43-51(9,37(57)27-38-52(43,29-63-38)67-32(3)56)44(58)41(64-31(2)55)39(30)50(53,7)8/h12-26,36-38,40-43,45,57,62H,27-29H2,1-11H3,(H,54,59)/t36-,37?,38?,40-,41?,42+,43-,45-,51?,52-,53?/m0/s1. The molecule has 7 rings (SSSR count). The van der Waals surface area contributed by atoms with Crippen molar-refractivity contribution in [2.24, 2.45) is 16.7 Å². The van der Waals surface area contributed by atoms with Crippen molar-refractivity contribution in [2.45, 2.75) is 147 Å². The van der Waals surface area contributed by atoms with Crippen LogP contribution in [0.15, 0.2) is 102 Å². The SMILES string of the molecule is CC(=O)OC1C(=O)C2(C)C(O)CC3OC[C@@]3(OC(C)=O)[C@H]2[C@H](OC(=O)c2ccccc2)C2(O)C[C@H](OC(=O)[C@H](O[Si](C)(C)C(C)(C)C)[C@@H](NC(=O)c3ccccc3)c3ccccc3)C(C)=C1C2(C)C. The molecule has 1 heterocycles. The molecule has 3 aliphatic carbocycles. The minimum Gasteiger partial charge on any atom is -0.456 e. The van der Waals surface area contributed by atoms with Gasteiger partial charge in [0, 0.05) is 37.7 Å². The number of carbonyl (C=O) groups is 6. The molecule has 3 aromatic carbocycles. The second kappa shape index (κ2) is 18.7. The third-order valence-electron chi connectivity index (χ3n) is 15.7. The number of ether oxygens (including phenoxy) is 5. The van der Waals surface area contributed by atoms with Crippen molar-refractivity contribution in [3.05, 3.63) is 119 Å². The lowest BCUT2D eigenvalue weighted by molar-refractivity contribution is -0.346. The maximum atomic E-state index is 15.8. The zero-order chi connectivity index (χ0) is 50.6. The van der Waals surface area contributed by atoms with E-state index in [1.54, 1.807) is 99.6 Å². The molecule has 3 fully saturated rings. The first-order valence-corrected chi connectivity index (χ1v) is 26.3. The van der Waals surface area contributed by atoms with E-state index in [4.69, 9.17) is 28.1 Å². The number of aliphatic hydroxyl groups is 2. The van der Waals surface area contributed by atoms with Crippen LogP contribution >= 0.6 is 0 Å². The Morgan fingerprint density at radius 2 is 1.39 bits per heavy atom. The minimum absolute atomic E-state index is 0.0502. The van der Waals surface area contributed by atoms with Crippen molar-refractivity contribution in [3.8, 4) is 0 Å². The molecule has 0 spiro atoms. The number of hydrogen-bond acceptors (Lipinski definition) is 14. The van der Waals surface area contributed by atoms with E-state index in [9.17, 15) is 29.4 Å². The molecular formula is C53H65NO14Si. The monoisotopic (exact) mass is 967 g/mol. The van der Waals surface area contributed by atoms with Crippen molar-refractivity contribution < 1.29 is 67.1 Å². The zero-order valence-corrected chi connectivity index (χ0v) is 42.2. The van der Waals surface area contributed by atoms with Crippen LogP contribution in [0.5, 0.6) is 0 Å². The fourth-order valence-corrected chi connectivity index (χ4v) is 12.0. The van der Waals surface area contributed by atoms with Gasteiger partial charge in [-0.25, -0.2) is 9.59 Å². The molecule has 2 bridgehead atoms. The molecule has 0 aromatic heterocycles. The smallest absolute Gasteiger partial charge is 0.338 e. The van der Waals surface area contributed by atoms with Crippen LogP contribution in [0, 0.1) is 16.7 Å². The molecule has 16 heteroatoms. The van der Waals surface area contributed by atoms with Gasteiger partial charge < -0.3 is 43.6 Å². The lowest BCUT2D eigenvalue weighted by Gasteiger charge is -2.67. The lowest BCUT2D eigenvalue weighted by atomic mass is 9.44. The first-order valence-electron chi connectivity index (χ1n) is 23.4. The highest BCUT2D eigenvalue weighted by atomic mass is 28.4. The van der Waals surface area contributed by atoms with Crippen LogP contribution in [0.3, 0.4) is 0 Å². The fourth-order valence-electron chi connectivity index (χ4n) is 10.8. The average molecular weight is 968 g/mol. The van der Waals surface area contributed by atoms with Gasteiger partial charge in [-0.3, -0.25) is 19.2 Å². The summed E-state index contributed by atoms with van der Waals surface area (Å²) in [6, 6.07) is 24.2. The Balaban J connectivity index is 1.44. The van der Waals surface area contributed by atoms with Crippen LogP contribution < -0.4 is 5.32 Å². The van der Waals surface area contributed by atoms with Gasteiger partial charge in [0.1, 0.15) is 23.9 Å². The summed E-state index contributed by atoms with van der Waals surface area (Å²) in [4.78, 5) is 86.2. The molecule has 1 aliphatic heterocycles. The van der Waals surface area contributed by atoms with Crippen LogP contribution in [0.1, 0.15) is 107 Å². The number of aliphatic hydroxyl groups excluding tert-OH is 1. The highest BCUT2D eigenvalue weighted by Crippen LogP contribution is 2.64. The first-order chi connectivity index (χ1) is 32.2. The van der Waals surface area contributed by atoms with Crippen molar-refractivity contribution >= 4 is 43.9 Å². The van der Waals surface area contributed by atoms with E-state index >= 15 is 9.59 Å². The number of esters is 4. The van der Waals surface area contributed by atoms with Gasteiger partial charge in [0.15, 0.2) is 31.9 Å². The van der Waals surface area contributed by atoms with Crippen LogP contribution in [0.25, 0.3) is 0 Å². The highest BCUT2D eigenvalue weighted by molar-refractivity contribution is 6.74. The van der Waals surface area contributed by atoms with E-state index in [2.05, 4.69) is 5.32 Å². The Morgan fingerprint density at radius 1 is 0.826 bits per heavy atom. The second-order valence-corrected chi connectivity index (χ2v) is 26.0. The molecule has 4 aliphatic rings. The van der Waals surface area contributed by atoms with E-state index in [0.717, 1.165) is 6.92 Å². The molecule has 1 amide bonds. The second-order valence-electron chi connectivity index (χ2n) is 21.2. The molecule has 0 radical (unpaired) electrons. The number of carbonyl (C=O) groups excluding carboxylic acids is 6. The summed E-state index contributed by atoms with van der Waals surface area (Å²) in [5.41, 5.74) is -6.59. The maximum Gasteiger partial charge on any atom is 0.338 e. The Bertz CT molecular complexity index is 2510. The van der Waals surface area contributed by atoms with Crippen molar-refractivity contribution in [2.75, 3.05) is 6.61 Å². The van der Waals surface area contributed by atoms with E-state index < -0.39 is 126 Å². The highest BCUT2D eigenvalue weighted by Gasteiger charge is 2.78. The number of fused-ring (bicyclic) bond motifs is 5. The number of amides is 1. The summed E-state index contributed by atoms with van der Waals surface area (Å²) in [5, 5.41) is 28.8. The number of nitrogens with one attached hydrogen (secondary N) is 1. The van der Waals surface area contributed by atoms with Gasteiger partial charge >= 0.3 is 23.9 Å². The third kappa shape index (κ3) is 8.98. The number of hydrogen-bond donors (Lipinski definition) is 3. The minimum atomic E-state index is -2.93. The number of rotatable bonds is 12. The summed E-state index contributed by atoms with van der Waals surface area (Å²) in [6.07, 6.45) is -9.79. The van der Waals surface area contributed by atoms with Gasteiger partial charge in [-0.15, -0.1) is 0 Å². The molecule has 370 valence electrons. The van der Waals surface area contributed by atoms with Gasteiger partial charge in [0.2, 0.25) is 0 Å². The summed E-state index contributed by atoms with van der Waals surface area (Å²) in [7, 11) is -2.93. The Hall–Kier alpha value is -5.52. The quantitative estimate of drug-likeness (QED) is 0.0741. The Morgan fingerprint density at radius 3 is 1.91 bits per heavy atom. The maximum absolute atomic E-state index is 15.8. The molecule has 5 unspecified atom stereocenters. The normalized spacial score (nSPS) is 30.4. The molecule has 3 aromatic rings. The number of Topliss-reactive ketones (excluding diaryl/α,β-unsaturated/α-hetero) is 1. The topological polar surface area (TPSA) is 210 Å². The molecule has 11 atom stereocenters. The predicted octanol–water partition coefficient (Wildman–Crippen LogP) is 6.77. The van der Waals surface area contributed by atoms with Crippen LogP contribution in [0.2, 0.25) is 18.1 Å². The summed E-state index contributed by atoms with van der Waals surface area (Å²) < 4.78 is 38.2. The Kier molecular flexibility index (Phi) is 13.9. The van der Waals surface area contributed by atoms with Gasteiger partial charge in [-0.1, -0.05) is 101 Å². The molecular weight excluding hydrogens is 903 g/mol. The molecule has 69 heavy (non-hydrogen) atoms. The zero-order valence-electron chi connectivity index (χ0n) is 41.2. The average Bonchev–Trinajstić information content (AvgIpc) is 3.28. The lowest BCUT2D eigenvalue weighted by Crippen LogP contribution is -2.82. The van der Waals surface area contributed by atoms with Crippen molar-refractivity contribution in [3.63, 3.8) is 0 Å². The van der Waals surface area contributed by atoms with E-state index in [1.165, 1.54) is 26.0 Å². The first kappa shape index (κ1) is 51.3. The predicted molar refractivity (Wildman–Crippen MR) is 254 cm³/mol. The van der Waals surface area contributed by atoms with Gasteiger partial charge in [0.25, 0.3) is 5.91 Å². The molecule has 1 saturated heterocycles. The summed E-state index contributed by atoms with van der Waals surface area (Å²) >= 11 is 0. The van der Waals surface area contributed by atoms with E-state index in [0.29, 0.717) is 11.1 Å². The fraction of sp³-hybridized carbons (Fsp3) is 0.509. The Labute approximate surface area is 404 Å². The van der Waals surface area contributed by atoms with Crippen molar-refractivity contribution in [1.82, 2.24) is 5.32 Å². The van der Waals surface area contributed by atoms with Crippen molar-refractivity contribution in [1.29, 1.82) is 0 Å². The van der Waals surface area contributed by atoms with E-state index in [-0.39, 0.29) is 29.7 Å². The van der Waals surface area contributed by atoms with Gasteiger partial charge in [-0.2, -0.15) is 0 Å². The van der Waals surface area contributed by atoms with Gasteiger partial charge in [-0.05, 0) is 73.0 Å². The molecule has 3 N–H and O–H groups in total. The van der Waals surface area contributed by atoms with Crippen LogP contribution in [-0.2, 0) is 47.3 Å². The van der Waals surface area contributed by atoms with E-state index in [1.807, 2.05) is 33.9 Å². The van der Waals surface area contributed by atoms with Crippen LogP contribution in [-0.4, -0.2) is 109 Å². The number of ketones is 1. The molecule has 15 nitrogen and oxygen atoms in total. The summed E-state index contributed by atoms with van der Waals surface area (Å²) in [6.45, 7) is 18.2. The number of benzene rings is 3. The van der Waals surface area contributed by atoms with Gasteiger partial charge in [0.05, 0.1) is 35.6 Å².